The second kappa shape index (κ2) is 9.43. The Kier molecular flexibility index (Phi) is 7.28. The van der Waals surface area contributed by atoms with Gasteiger partial charge in [-0.1, -0.05) is 58.6 Å². The third kappa shape index (κ3) is 5.11. The molecule has 0 heterocycles. The molecule has 2 heteroatoms. The van der Waals surface area contributed by atoms with Gasteiger partial charge in [-0.05, 0) is 92.7 Å². The van der Waals surface area contributed by atoms with Gasteiger partial charge >= 0.3 is 0 Å². The highest BCUT2D eigenvalue weighted by molar-refractivity contribution is 9.10. The van der Waals surface area contributed by atoms with Crippen LogP contribution in [-0.2, 0) is 0 Å². The van der Waals surface area contributed by atoms with Crippen LogP contribution in [0.1, 0.15) is 75.7 Å². The van der Waals surface area contributed by atoms with Gasteiger partial charge in [0, 0.05) is 10.0 Å². The molecular weight excluding hydrogens is 380 g/mol. The largest absolute Gasteiger partial charge is 0.0933 e. The molecular formula is C22H30BrCl. The molecule has 0 bridgehead atoms. The van der Waals surface area contributed by atoms with Crippen LogP contribution in [0.3, 0.4) is 0 Å². The number of benzene rings is 1. The molecule has 2 saturated carbocycles. The minimum absolute atomic E-state index is 0.799. The van der Waals surface area contributed by atoms with E-state index in [9.17, 15) is 0 Å². The molecule has 0 saturated heterocycles. The molecule has 2 fully saturated rings. The van der Waals surface area contributed by atoms with Gasteiger partial charge in [-0.3, -0.25) is 0 Å². The van der Waals surface area contributed by atoms with Crippen molar-refractivity contribution in [3.05, 3.63) is 45.9 Å². The van der Waals surface area contributed by atoms with Gasteiger partial charge in [0.05, 0.1) is 0 Å². The van der Waals surface area contributed by atoms with Crippen molar-refractivity contribution in [3.8, 4) is 0 Å². The number of allylic oxidation sites excluding steroid dienone is 1. The smallest absolute Gasteiger partial charge is 0.0175 e. The minimum atomic E-state index is 0.799. The zero-order chi connectivity index (χ0) is 16.8. The van der Waals surface area contributed by atoms with Crippen LogP contribution in [0.2, 0.25) is 0 Å². The zero-order valence-electron chi connectivity index (χ0n) is 14.6. The third-order valence-electron chi connectivity index (χ3n) is 6.50. The van der Waals surface area contributed by atoms with E-state index in [0.717, 1.165) is 30.1 Å². The van der Waals surface area contributed by atoms with Crippen molar-refractivity contribution in [2.75, 3.05) is 0 Å². The molecule has 0 nitrogen and oxygen atoms in total. The molecule has 1 aromatic carbocycles. The lowest BCUT2D eigenvalue weighted by molar-refractivity contribution is 0.157. The topological polar surface area (TPSA) is 0 Å². The van der Waals surface area contributed by atoms with E-state index in [-0.39, 0.29) is 0 Å². The molecule has 0 atom stereocenters. The van der Waals surface area contributed by atoms with E-state index in [0.29, 0.717) is 0 Å². The monoisotopic (exact) mass is 408 g/mol. The molecule has 1 aromatic rings. The van der Waals surface area contributed by atoms with E-state index in [1.54, 1.807) is 11.1 Å². The van der Waals surface area contributed by atoms with Crippen LogP contribution in [0.15, 0.2) is 40.3 Å². The Hall–Kier alpha value is -0.270. The second-order valence-corrected chi connectivity index (χ2v) is 9.05. The lowest BCUT2D eigenvalue weighted by Gasteiger charge is -2.38. The Balaban J connectivity index is 1.42. The van der Waals surface area contributed by atoms with Gasteiger partial charge in [-0.2, -0.15) is 0 Å². The first-order valence-electron chi connectivity index (χ1n) is 9.77. The Morgan fingerprint density at radius 3 is 2.04 bits per heavy atom. The number of hydrogen-bond acceptors (Lipinski definition) is 0. The summed E-state index contributed by atoms with van der Waals surface area (Å²) in [7, 11) is 0. The molecule has 0 radical (unpaired) electrons. The van der Waals surface area contributed by atoms with Crippen molar-refractivity contribution in [3.63, 3.8) is 0 Å². The maximum absolute atomic E-state index is 5.62. The highest BCUT2D eigenvalue weighted by Crippen LogP contribution is 2.44. The molecule has 0 aliphatic heterocycles. The predicted octanol–water partition coefficient (Wildman–Crippen LogP) is 8.06. The Labute approximate surface area is 161 Å². The number of halogens is 2. The summed E-state index contributed by atoms with van der Waals surface area (Å²) in [6, 6.07) is 9.02. The fourth-order valence-electron chi connectivity index (χ4n) is 5.00. The minimum Gasteiger partial charge on any atom is -0.0933 e. The SMILES string of the molecule is ClC=CCCC1CCC(C2CCC(c3ccc(Br)cc3)CC2)CC1. The third-order valence-corrected chi connectivity index (χ3v) is 7.21. The Bertz CT molecular complexity index is 505. The van der Waals surface area contributed by atoms with Crippen LogP contribution in [-0.4, -0.2) is 0 Å². The van der Waals surface area contributed by atoms with Crippen molar-refractivity contribution in [2.24, 2.45) is 17.8 Å². The van der Waals surface area contributed by atoms with Crippen LogP contribution in [0.5, 0.6) is 0 Å². The van der Waals surface area contributed by atoms with E-state index in [2.05, 4.69) is 46.3 Å². The molecule has 0 unspecified atom stereocenters. The first-order chi connectivity index (χ1) is 11.8. The van der Waals surface area contributed by atoms with Crippen LogP contribution < -0.4 is 0 Å². The summed E-state index contributed by atoms with van der Waals surface area (Å²) in [6.07, 6.45) is 16.2. The average Bonchev–Trinajstić information content (AvgIpc) is 2.63. The van der Waals surface area contributed by atoms with Crippen LogP contribution in [0.25, 0.3) is 0 Å². The maximum atomic E-state index is 5.62. The molecule has 24 heavy (non-hydrogen) atoms. The van der Waals surface area contributed by atoms with E-state index in [4.69, 9.17) is 11.6 Å². The molecule has 2 aliphatic rings. The van der Waals surface area contributed by atoms with Crippen LogP contribution in [0, 0.1) is 17.8 Å². The van der Waals surface area contributed by atoms with Gasteiger partial charge in [-0.25, -0.2) is 0 Å². The van der Waals surface area contributed by atoms with Crippen LogP contribution in [0.4, 0.5) is 0 Å². The molecule has 2 aliphatic carbocycles. The summed E-state index contributed by atoms with van der Waals surface area (Å²) < 4.78 is 1.19. The summed E-state index contributed by atoms with van der Waals surface area (Å²) in [4.78, 5) is 0. The van der Waals surface area contributed by atoms with Gasteiger partial charge in [0.1, 0.15) is 0 Å². The molecule has 132 valence electrons. The average molecular weight is 410 g/mol. The Morgan fingerprint density at radius 1 is 0.875 bits per heavy atom. The summed E-state index contributed by atoms with van der Waals surface area (Å²) in [5.74, 6) is 3.76. The lowest BCUT2D eigenvalue weighted by Crippen LogP contribution is -2.25. The van der Waals surface area contributed by atoms with Gasteiger partial charge in [0.2, 0.25) is 0 Å². The summed E-state index contributed by atoms with van der Waals surface area (Å²) >= 11 is 9.17. The molecule has 0 spiro atoms. The van der Waals surface area contributed by atoms with Gasteiger partial charge in [-0.15, -0.1) is 0 Å². The highest BCUT2D eigenvalue weighted by atomic mass is 79.9. The first-order valence-corrected chi connectivity index (χ1v) is 11.0. The second-order valence-electron chi connectivity index (χ2n) is 7.88. The van der Waals surface area contributed by atoms with Crippen molar-refractivity contribution in [2.45, 2.75) is 70.1 Å². The lowest BCUT2D eigenvalue weighted by atomic mass is 9.68. The van der Waals surface area contributed by atoms with E-state index < -0.39 is 0 Å². The fourth-order valence-corrected chi connectivity index (χ4v) is 5.39. The van der Waals surface area contributed by atoms with Crippen LogP contribution >= 0.6 is 27.5 Å². The van der Waals surface area contributed by atoms with Gasteiger partial charge in [0.15, 0.2) is 0 Å². The van der Waals surface area contributed by atoms with E-state index in [1.165, 1.54) is 62.3 Å². The highest BCUT2D eigenvalue weighted by Gasteiger charge is 2.31. The molecule has 0 aromatic heterocycles. The zero-order valence-corrected chi connectivity index (χ0v) is 16.9. The number of rotatable bonds is 5. The predicted molar refractivity (Wildman–Crippen MR) is 109 cm³/mol. The quantitative estimate of drug-likeness (QED) is 0.461. The molecule has 0 amide bonds. The molecule has 3 rings (SSSR count). The summed E-state index contributed by atoms with van der Waals surface area (Å²) in [5.41, 5.74) is 3.22. The summed E-state index contributed by atoms with van der Waals surface area (Å²) in [5, 5.41) is 0. The fraction of sp³-hybridized carbons (Fsp3) is 0.636. The van der Waals surface area contributed by atoms with Gasteiger partial charge in [0.25, 0.3) is 0 Å². The van der Waals surface area contributed by atoms with Crippen molar-refractivity contribution in [1.82, 2.24) is 0 Å². The standard InChI is InChI=1S/C22H30BrCl/c23-22-14-12-21(13-15-22)20-10-8-19(9-11-20)18-6-4-17(5-7-18)3-1-2-16-24/h2,12-20H,1,3-11H2. The van der Waals surface area contributed by atoms with Crippen molar-refractivity contribution < 1.29 is 0 Å². The van der Waals surface area contributed by atoms with Gasteiger partial charge < -0.3 is 0 Å². The summed E-state index contributed by atoms with van der Waals surface area (Å²) in [6.45, 7) is 0. The molecule has 0 N–H and O–H groups in total. The Morgan fingerprint density at radius 2 is 1.46 bits per heavy atom. The van der Waals surface area contributed by atoms with Crippen molar-refractivity contribution >= 4 is 27.5 Å². The maximum Gasteiger partial charge on any atom is 0.0175 e. The van der Waals surface area contributed by atoms with E-state index in [1.807, 2.05) is 0 Å². The number of hydrogen-bond donors (Lipinski definition) is 0. The van der Waals surface area contributed by atoms with Crippen molar-refractivity contribution in [1.29, 1.82) is 0 Å². The van der Waals surface area contributed by atoms with E-state index >= 15 is 0 Å². The first kappa shape index (κ1) is 18.5. The normalized spacial score (nSPS) is 31.4.